The first-order chi connectivity index (χ1) is 16.6. The van der Waals surface area contributed by atoms with Crippen molar-refractivity contribution in [1.29, 1.82) is 0 Å². The number of aromatic nitrogens is 5. The molecular weight excluding hydrogens is 461 g/mol. The number of hydrogen-bond donors (Lipinski definition) is 2. The average Bonchev–Trinajstić information content (AvgIpc) is 3.25. The van der Waals surface area contributed by atoms with Crippen molar-refractivity contribution in [2.75, 3.05) is 36.8 Å². The van der Waals surface area contributed by atoms with Crippen LogP contribution in [-0.4, -0.2) is 61.9 Å². The predicted molar refractivity (Wildman–Crippen MR) is 128 cm³/mol. The maximum Gasteiger partial charge on any atom is 0.431 e. The molecule has 0 atom stereocenters. The molecule has 184 valence electrons. The maximum atomic E-state index is 14.2. The van der Waals surface area contributed by atoms with Gasteiger partial charge >= 0.3 is 6.18 Å². The average molecular weight is 487 g/mol. The zero-order valence-electron chi connectivity index (χ0n) is 19.5. The van der Waals surface area contributed by atoms with Crippen molar-refractivity contribution >= 4 is 33.6 Å². The molecule has 0 amide bonds. The summed E-state index contributed by atoms with van der Waals surface area (Å²) < 4.78 is 43.3. The molecule has 0 radical (unpaired) electrons. The first kappa shape index (κ1) is 23.1. The summed E-state index contributed by atoms with van der Waals surface area (Å²) in [5, 5.41) is 6.95. The molecule has 1 fully saturated rings. The number of alkyl halides is 3. The van der Waals surface area contributed by atoms with E-state index in [0.29, 0.717) is 40.2 Å². The van der Waals surface area contributed by atoms with E-state index in [-0.39, 0.29) is 28.4 Å². The summed E-state index contributed by atoms with van der Waals surface area (Å²) in [6.07, 6.45) is -3.42. The van der Waals surface area contributed by atoms with Gasteiger partial charge in [0, 0.05) is 24.5 Å². The Morgan fingerprint density at radius 3 is 2.54 bits per heavy atom. The van der Waals surface area contributed by atoms with Gasteiger partial charge in [-0.05, 0) is 37.7 Å². The molecule has 12 heteroatoms. The highest BCUT2D eigenvalue weighted by Gasteiger charge is 2.38. The third kappa shape index (κ3) is 3.68. The number of nitrogens with two attached hydrogens (primary N) is 1. The standard InChI is InChI=1S/C23H25F3N8O/c1-4-32(5-2)13-10-33(11-13)22-29-18-14(20(27)30-22)8-17(23(24,25)26)34(21(18)35)19-12(3)6-7-16-15(19)9-28-31-16/h6-9,13H,4-5,10-11H2,1-3H3,(H,28,31)(H2,27,29,30). The van der Waals surface area contributed by atoms with Gasteiger partial charge in [-0.25, -0.2) is 4.98 Å². The minimum absolute atomic E-state index is 0.0970. The summed E-state index contributed by atoms with van der Waals surface area (Å²) in [6, 6.07) is 4.51. The van der Waals surface area contributed by atoms with E-state index in [2.05, 4.69) is 38.9 Å². The lowest BCUT2D eigenvalue weighted by atomic mass is 10.1. The quantitative estimate of drug-likeness (QED) is 0.446. The largest absolute Gasteiger partial charge is 0.431 e. The summed E-state index contributed by atoms with van der Waals surface area (Å²) in [5.74, 6) is 0.0735. The van der Waals surface area contributed by atoms with Crippen molar-refractivity contribution in [3.8, 4) is 5.69 Å². The van der Waals surface area contributed by atoms with Crippen LogP contribution in [0.3, 0.4) is 0 Å². The summed E-state index contributed by atoms with van der Waals surface area (Å²) in [7, 11) is 0. The molecule has 0 unspecified atom stereocenters. The molecule has 0 spiro atoms. The molecule has 0 bridgehead atoms. The van der Waals surface area contributed by atoms with Crippen LogP contribution in [0.5, 0.6) is 0 Å². The molecule has 1 aliphatic rings. The number of nitrogens with zero attached hydrogens (tertiary/aromatic N) is 6. The van der Waals surface area contributed by atoms with Gasteiger partial charge in [0.1, 0.15) is 17.0 Å². The number of aromatic amines is 1. The number of anilines is 2. The number of nitrogens with one attached hydrogen (secondary N) is 1. The number of fused-ring (bicyclic) bond motifs is 2. The number of rotatable bonds is 5. The molecule has 35 heavy (non-hydrogen) atoms. The van der Waals surface area contributed by atoms with Gasteiger partial charge in [0.05, 0.1) is 22.8 Å². The van der Waals surface area contributed by atoms with E-state index in [0.717, 1.165) is 19.2 Å². The third-order valence-corrected chi connectivity index (χ3v) is 6.68. The van der Waals surface area contributed by atoms with Crippen LogP contribution in [0.2, 0.25) is 0 Å². The second-order valence-corrected chi connectivity index (χ2v) is 8.68. The predicted octanol–water partition coefficient (Wildman–Crippen LogP) is 3.10. The second-order valence-electron chi connectivity index (χ2n) is 8.68. The normalized spacial score (nSPS) is 14.9. The minimum Gasteiger partial charge on any atom is -0.383 e. The van der Waals surface area contributed by atoms with Crippen molar-refractivity contribution in [2.24, 2.45) is 0 Å². The number of benzene rings is 1. The van der Waals surface area contributed by atoms with Crippen LogP contribution < -0.4 is 16.2 Å². The van der Waals surface area contributed by atoms with E-state index in [1.165, 1.54) is 6.20 Å². The maximum absolute atomic E-state index is 14.2. The highest BCUT2D eigenvalue weighted by molar-refractivity contribution is 5.92. The zero-order valence-corrected chi connectivity index (χ0v) is 19.5. The molecule has 0 aliphatic carbocycles. The second kappa shape index (κ2) is 8.22. The van der Waals surface area contributed by atoms with Gasteiger partial charge in [-0.1, -0.05) is 19.9 Å². The highest BCUT2D eigenvalue weighted by Crippen LogP contribution is 2.35. The number of nitrogen functional groups attached to an aromatic ring is 1. The van der Waals surface area contributed by atoms with Gasteiger partial charge in [-0.3, -0.25) is 19.4 Å². The molecule has 0 saturated carbocycles. The molecule has 1 aromatic carbocycles. The molecule has 4 heterocycles. The topological polar surface area (TPSA) is 109 Å². The van der Waals surface area contributed by atoms with Crippen LogP contribution in [-0.2, 0) is 6.18 Å². The van der Waals surface area contributed by atoms with Crippen molar-refractivity contribution in [2.45, 2.75) is 33.0 Å². The summed E-state index contributed by atoms with van der Waals surface area (Å²) in [5.41, 5.74) is 4.94. The van der Waals surface area contributed by atoms with E-state index in [9.17, 15) is 18.0 Å². The van der Waals surface area contributed by atoms with Gasteiger partial charge in [0.15, 0.2) is 0 Å². The number of hydrogen-bond acceptors (Lipinski definition) is 7. The fourth-order valence-corrected chi connectivity index (χ4v) is 4.77. The van der Waals surface area contributed by atoms with Gasteiger partial charge in [0.25, 0.3) is 5.56 Å². The number of likely N-dealkylation sites (N-methyl/N-ethyl adjacent to an activating group) is 1. The number of H-pyrrole nitrogens is 1. The summed E-state index contributed by atoms with van der Waals surface area (Å²) in [4.78, 5) is 26.5. The molecular formula is C23H25F3N8O. The van der Waals surface area contributed by atoms with Crippen LogP contribution in [0.1, 0.15) is 25.1 Å². The Kier molecular flexibility index (Phi) is 5.42. The Hall–Kier alpha value is -3.67. The third-order valence-electron chi connectivity index (χ3n) is 6.68. The Labute approximate surface area is 198 Å². The molecule has 1 aliphatic heterocycles. The Bertz CT molecular complexity index is 1480. The first-order valence-corrected chi connectivity index (χ1v) is 11.4. The Morgan fingerprint density at radius 2 is 1.89 bits per heavy atom. The van der Waals surface area contributed by atoms with Crippen LogP contribution in [0.25, 0.3) is 27.5 Å². The Balaban J connectivity index is 1.72. The van der Waals surface area contributed by atoms with Crippen molar-refractivity contribution in [3.63, 3.8) is 0 Å². The lowest BCUT2D eigenvalue weighted by Crippen LogP contribution is -2.60. The van der Waals surface area contributed by atoms with Gasteiger partial charge in [-0.2, -0.15) is 23.3 Å². The van der Waals surface area contributed by atoms with Crippen molar-refractivity contribution in [1.82, 2.24) is 29.6 Å². The molecule has 1 saturated heterocycles. The van der Waals surface area contributed by atoms with Gasteiger partial charge in [0.2, 0.25) is 5.95 Å². The monoisotopic (exact) mass is 486 g/mol. The molecule has 3 N–H and O–H groups in total. The minimum atomic E-state index is -4.83. The van der Waals surface area contributed by atoms with E-state index < -0.39 is 17.4 Å². The number of pyridine rings is 1. The van der Waals surface area contributed by atoms with Crippen LogP contribution in [0, 0.1) is 6.92 Å². The fourth-order valence-electron chi connectivity index (χ4n) is 4.77. The zero-order chi connectivity index (χ0) is 25.1. The summed E-state index contributed by atoms with van der Waals surface area (Å²) >= 11 is 0. The first-order valence-electron chi connectivity index (χ1n) is 11.4. The SMILES string of the molecule is CCN(CC)C1CN(c2nc(N)c3cc(C(F)(F)F)n(-c4c(C)ccc5[nH]ncc45)c(=O)c3n2)C1. The molecule has 5 rings (SSSR count). The van der Waals surface area contributed by atoms with E-state index in [1.807, 2.05) is 4.90 Å². The smallest absolute Gasteiger partial charge is 0.383 e. The van der Waals surface area contributed by atoms with Crippen LogP contribution in [0.4, 0.5) is 24.9 Å². The molecule has 9 nitrogen and oxygen atoms in total. The number of aryl methyl sites for hydroxylation is 1. The van der Waals surface area contributed by atoms with Crippen molar-refractivity contribution in [3.05, 3.63) is 46.0 Å². The van der Waals surface area contributed by atoms with Crippen LogP contribution in [0.15, 0.2) is 29.2 Å². The molecule has 4 aromatic rings. The highest BCUT2D eigenvalue weighted by atomic mass is 19.4. The van der Waals surface area contributed by atoms with Gasteiger partial charge in [-0.15, -0.1) is 0 Å². The lowest BCUT2D eigenvalue weighted by molar-refractivity contribution is -0.142. The van der Waals surface area contributed by atoms with Crippen molar-refractivity contribution < 1.29 is 13.2 Å². The van der Waals surface area contributed by atoms with E-state index >= 15 is 0 Å². The number of halogens is 3. The Morgan fingerprint density at radius 1 is 1.17 bits per heavy atom. The fraction of sp³-hybridized carbons (Fsp3) is 0.391. The lowest BCUT2D eigenvalue weighted by Gasteiger charge is -2.44. The van der Waals surface area contributed by atoms with E-state index in [4.69, 9.17) is 5.73 Å². The van der Waals surface area contributed by atoms with Crippen LogP contribution >= 0.6 is 0 Å². The van der Waals surface area contributed by atoms with E-state index in [1.54, 1.807) is 19.1 Å². The molecule has 3 aromatic heterocycles. The van der Waals surface area contributed by atoms with Gasteiger partial charge < -0.3 is 10.6 Å². The summed E-state index contributed by atoms with van der Waals surface area (Å²) in [6.45, 7) is 8.91.